The van der Waals surface area contributed by atoms with Crippen molar-refractivity contribution in [2.75, 3.05) is 0 Å². The van der Waals surface area contributed by atoms with Crippen molar-refractivity contribution in [2.24, 2.45) is 0 Å². The first-order valence-corrected chi connectivity index (χ1v) is 13.8. The molecule has 14 heteroatoms. The Balaban J connectivity index is 2.02. The predicted octanol–water partition coefficient (Wildman–Crippen LogP) is 9.06. The smallest absolute Gasteiger partial charge is 0.461 e. The second-order valence-electron chi connectivity index (χ2n) is 10.7. The summed E-state index contributed by atoms with van der Waals surface area (Å²) in [6.45, 7) is 3.13. The van der Waals surface area contributed by atoms with Crippen molar-refractivity contribution in [3.05, 3.63) is 130 Å². The SMILES string of the molecule is CC(C)Oc1cc([C@](Cc2ccccc2)(NC(=O)c2ccc(F)c(C(F)(F)F)c2)c2cc(F)cc(OC(F)(F)C(F)F)c2)ccc1F. The van der Waals surface area contributed by atoms with Crippen LogP contribution in [0, 0.1) is 17.5 Å². The third-order valence-corrected chi connectivity index (χ3v) is 6.83. The average molecular weight is 674 g/mol. The van der Waals surface area contributed by atoms with Crippen molar-refractivity contribution in [1.82, 2.24) is 5.32 Å². The van der Waals surface area contributed by atoms with Crippen LogP contribution >= 0.6 is 0 Å². The number of hydrogen-bond donors (Lipinski definition) is 1. The summed E-state index contributed by atoms with van der Waals surface area (Å²) in [4.78, 5) is 13.8. The van der Waals surface area contributed by atoms with Gasteiger partial charge in [-0.25, -0.2) is 13.2 Å². The van der Waals surface area contributed by atoms with Gasteiger partial charge in [0.1, 0.15) is 17.4 Å². The number of nitrogens with one attached hydrogen (secondary N) is 1. The minimum absolute atomic E-state index is 0.0953. The van der Waals surface area contributed by atoms with Gasteiger partial charge in [-0.05, 0) is 73.0 Å². The lowest BCUT2D eigenvalue weighted by atomic mass is 9.77. The summed E-state index contributed by atoms with van der Waals surface area (Å²) in [7, 11) is 0. The molecular formula is C33H25F10NO3. The van der Waals surface area contributed by atoms with E-state index in [1.807, 2.05) is 0 Å². The van der Waals surface area contributed by atoms with Crippen molar-refractivity contribution in [1.29, 1.82) is 0 Å². The van der Waals surface area contributed by atoms with Crippen molar-refractivity contribution in [3.8, 4) is 11.5 Å². The highest BCUT2D eigenvalue weighted by Crippen LogP contribution is 2.40. The van der Waals surface area contributed by atoms with Gasteiger partial charge in [-0.15, -0.1) is 0 Å². The molecule has 0 unspecified atom stereocenters. The van der Waals surface area contributed by atoms with Crippen LogP contribution in [0.15, 0.2) is 84.9 Å². The molecule has 4 nitrogen and oxygen atoms in total. The summed E-state index contributed by atoms with van der Waals surface area (Å²) in [5.41, 5.74) is -4.80. The van der Waals surface area contributed by atoms with Crippen LogP contribution in [0.25, 0.3) is 0 Å². The number of carbonyl (C=O) groups excluding carboxylic acids is 1. The first-order valence-electron chi connectivity index (χ1n) is 13.8. The number of ether oxygens (including phenoxy) is 2. The summed E-state index contributed by atoms with van der Waals surface area (Å²) >= 11 is 0. The molecule has 0 aliphatic rings. The molecule has 0 heterocycles. The average Bonchev–Trinajstić information content (AvgIpc) is 2.97. The van der Waals surface area contributed by atoms with Crippen molar-refractivity contribution in [3.63, 3.8) is 0 Å². The Hall–Kier alpha value is -4.75. The third kappa shape index (κ3) is 8.16. The number of hydrogen-bond acceptors (Lipinski definition) is 3. The third-order valence-electron chi connectivity index (χ3n) is 6.83. The Labute approximate surface area is 261 Å². The maximum absolute atomic E-state index is 15.1. The van der Waals surface area contributed by atoms with Gasteiger partial charge in [-0.3, -0.25) is 4.79 Å². The summed E-state index contributed by atoms with van der Waals surface area (Å²) in [5.74, 6) is -6.61. The number of alkyl halides is 7. The Kier molecular flexibility index (Phi) is 10.1. The molecule has 250 valence electrons. The molecule has 4 rings (SSSR count). The van der Waals surface area contributed by atoms with Gasteiger partial charge in [0.25, 0.3) is 5.91 Å². The van der Waals surface area contributed by atoms with E-state index in [0.29, 0.717) is 17.7 Å². The zero-order valence-electron chi connectivity index (χ0n) is 24.4. The van der Waals surface area contributed by atoms with Crippen LogP contribution in [0.4, 0.5) is 43.9 Å². The summed E-state index contributed by atoms with van der Waals surface area (Å²) in [5, 5.41) is 2.50. The van der Waals surface area contributed by atoms with Crippen LogP contribution in [0.3, 0.4) is 0 Å². The summed E-state index contributed by atoms with van der Waals surface area (Å²) in [6, 6.07) is 14.2. The molecule has 1 amide bonds. The molecule has 0 aliphatic heterocycles. The molecule has 0 saturated carbocycles. The highest BCUT2D eigenvalue weighted by Gasteiger charge is 2.45. The quantitative estimate of drug-likeness (QED) is 0.162. The predicted molar refractivity (Wildman–Crippen MR) is 150 cm³/mol. The Morgan fingerprint density at radius 1 is 0.787 bits per heavy atom. The van der Waals surface area contributed by atoms with Crippen LogP contribution < -0.4 is 14.8 Å². The van der Waals surface area contributed by atoms with Crippen molar-refractivity contribution in [2.45, 2.75) is 50.6 Å². The minimum Gasteiger partial charge on any atom is -0.488 e. The van der Waals surface area contributed by atoms with Crippen LogP contribution in [0.5, 0.6) is 11.5 Å². The molecule has 4 aromatic rings. The van der Waals surface area contributed by atoms with Gasteiger partial charge in [0, 0.05) is 18.1 Å². The lowest BCUT2D eigenvalue weighted by molar-refractivity contribution is -0.253. The molecule has 0 aliphatic carbocycles. The lowest BCUT2D eigenvalue weighted by Gasteiger charge is -2.37. The first-order chi connectivity index (χ1) is 21.9. The largest absolute Gasteiger partial charge is 0.488 e. The molecule has 4 aromatic carbocycles. The van der Waals surface area contributed by atoms with Gasteiger partial charge in [-0.1, -0.05) is 36.4 Å². The van der Waals surface area contributed by atoms with E-state index in [4.69, 9.17) is 4.74 Å². The van der Waals surface area contributed by atoms with Gasteiger partial charge in [0.2, 0.25) is 0 Å². The van der Waals surface area contributed by atoms with E-state index in [9.17, 15) is 44.3 Å². The van der Waals surface area contributed by atoms with Crippen molar-refractivity contribution < 1.29 is 58.2 Å². The molecule has 0 bridgehead atoms. The van der Waals surface area contributed by atoms with Gasteiger partial charge >= 0.3 is 18.7 Å². The second kappa shape index (κ2) is 13.5. The van der Waals surface area contributed by atoms with E-state index in [-0.39, 0.29) is 17.4 Å². The number of halogens is 10. The normalized spacial score (nSPS) is 13.4. The Bertz CT molecular complexity index is 1730. The molecule has 0 fully saturated rings. The van der Waals surface area contributed by atoms with Crippen LogP contribution in [0.1, 0.15) is 46.5 Å². The monoisotopic (exact) mass is 673 g/mol. The van der Waals surface area contributed by atoms with Gasteiger partial charge < -0.3 is 14.8 Å². The van der Waals surface area contributed by atoms with Gasteiger partial charge in [-0.2, -0.15) is 30.7 Å². The van der Waals surface area contributed by atoms with Crippen LogP contribution in [-0.2, 0) is 18.1 Å². The van der Waals surface area contributed by atoms with Crippen LogP contribution in [0.2, 0.25) is 0 Å². The van der Waals surface area contributed by atoms with E-state index < -0.39 is 82.6 Å². The van der Waals surface area contributed by atoms with Crippen molar-refractivity contribution >= 4 is 5.91 Å². The second-order valence-corrected chi connectivity index (χ2v) is 10.7. The van der Waals surface area contributed by atoms with E-state index in [1.54, 1.807) is 32.0 Å². The van der Waals surface area contributed by atoms with Crippen LogP contribution in [-0.4, -0.2) is 24.5 Å². The lowest BCUT2D eigenvalue weighted by Crippen LogP contribution is -2.49. The summed E-state index contributed by atoms with van der Waals surface area (Å²) in [6.07, 6.45) is -15.6. The fourth-order valence-corrected chi connectivity index (χ4v) is 4.79. The molecular weight excluding hydrogens is 648 g/mol. The Morgan fingerprint density at radius 3 is 2.06 bits per heavy atom. The zero-order valence-corrected chi connectivity index (χ0v) is 24.4. The van der Waals surface area contributed by atoms with E-state index >= 15 is 4.39 Å². The number of rotatable bonds is 11. The molecule has 0 spiro atoms. The molecule has 0 saturated heterocycles. The van der Waals surface area contributed by atoms with E-state index in [0.717, 1.165) is 36.4 Å². The molecule has 47 heavy (non-hydrogen) atoms. The fourth-order valence-electron chi connectivity index (χ4n) is 4.79. The maximum Gasteiger partial charge on any atom is 0.461 e. The molecule has 1 atom stereocenters. The standard InChI is InChI=1S/C33H25F10NO3/c1-18(2)46-28-15-21(9-11-27(28)36)31(17-19-6-4-3-5-7-19,22-13-23(34)16-24(14-22)47-33(42,43)30(37)38)44-29(45)20-8-10-26(35)25(12-20)32(39,40)41/h3-16,18,30H,17H2,1-2H3,(H,44,45)/t31-/m0/s1. The number of amides is 1. The van der Waals surface area contributed by atoms with Gasteiger partial charge in [0.05, 0.1) is 17.2 Å². The topological polar surface area (TPSA) is 47.6 Å². The molecule has 1 N–H and O–H groups in total. The number of benzene rings is 4. The first kappa shape index (κ1) is 35.1. The minimum atomic E-state index is -5.20. The zero-order chi connectivity index (χ0) is 34.7. The molecule has 0 radical (unpaired) electrons. The highest BCUT2D eigenvalue weighted by molar-refractivity contribution is 5.95. The van der Waals surface area contributed by atoms with E-state index in [1.165, 1.54) is 12.1 Å². The maximum atomic E-state index is 15.1. The van der Waals surface area contributed by atoms with Gasteiger partial charge in [0.15, 0.2) is 11.6 Å². The number of carbonyl (C=O) groups is 1. The van der Waals surface area contributed by atoms with E-state index in [2.05, 4.69) is 10.1 Å². The fraction of sp³-hybridized carbons (Fsp3) is 0.242. The summed E-state index contributed by atoms with van der Waals surface area (Å²) < 4.78 is 148. The Morgan fingerprint density at radius 2 is 1.45 bits per heavy atom. The highest BCUT2D eigenvalue weighted by atomic mass is 19.4. The molecule has 0 aromatic heterocycles.